The minimum Gasteiger partial charge on any atom is -0.327 e. The lowest BCUT2D eigenvalue weighted by atomic mass is 9.97. The molecule has 6 heteroatoms. The average Bonchev–Trinajstić information content (AvgIpc) is 1.97. The van der Waals surface area contributed by atoms with Gasteiger partial charge in [-0.2, -0.15) is 0 Å². The summed E-state index contributed by atoms with van der Waals surface area (Å²) in [5, 5.41) is 4.94. The SMILES string of the molecule is CC1CC(N)CN(CCS(N)(=O)=O)C1. The number of likely N-dealkylation sites (tertiary alicyclic amines) is 1. The molecule has 1 heterocycles. The van der Waals surface area contributed by atoms with E-state index in [9.17, 15) is 8.42 Å². The number of rotatable bonds is 3. The molecular formula is C8H19N3O2S. The summed E-state index contributed by atoms with van der Waals surface area (Å²) in [6, 6.07) is 0.166. The standard InChI is InChI=1S/C8H19N3O2S/c1-7-4-8(9)6-11(5-7)2-3-14(10,12)13/h7-8H,2-6,9H2,1H3,(H2,10,12,13). The van der Waals surface area contributed by atoms with Crippen LogP contribution in [0.5, 0.6) is 0 Å². The van der Waals surface area contributed by atoms with Crippen LogP contribution in [0.2, 0.25) is 0 Å². The summed E-state index contributed by atoms with van der Waals surface area (Å²) >= 11 is 0. The number of hydrogen-bond donors (Lipinski definition) is 2. The molecule has 0 aromatic heterocycles. The highest BCUT2D eigenvalue weighted by molar-refractivity contribution is 7.89. The smallest absolute Gasteiger partial charge is 0.210 e. The van der Waals surface area contributed by atoms with Gasteiger partial charge in [0.15, 0.2) is 0 Å². The van der Waals surface area contributed by atoms with Crippen molar-refractivity contribution in [1.82, 2.24) is 4.90 Å². The Morgan fingerprint density at radius 1 is 1.43 bits per heavy atom. The molecule has 14 heavy (non-hydrogen) atoms. The van der Waals surface area contributed by atoms with Gasteiger partial charge in [0.1, 0.15) is 0 Å². The number of hydrogen-bond acceptors (Lipinski definition) is 4. The molecule has 0 saturated carbocycles. The van der Waals surface area contributed by atoms with E-state index in [4.69, 9.17) is 10.9 Å². The average molecular weight is 221 g/mol. The molecule has 1 rings (SSSR count). The number of nitrogens with two attached hydrogens (primary N) is 2. The fourth-order valence-corrected chi connectivity index (χ4v) is 2.46. The molecule has 5 nitrogen and oxygen atoms in total. The van der Waals surface area contributed by atoms with Crippen LogP contribution >= 0.6 is 0 Å². The monoisotopic (exact) mass is 221 g/mol. The molecule has 1 saturated heterocycles. The summed E-state index contributed by atoms with van der Waals surface area (Å²) in [5.41, 5.74) is 5.83. The molecule has 4 N–H and O–H groups in total. The van der Waals surface area contributed by atoms with E-state index in [0.717, 1.165) is 19.5 Å². The highest BCUT2D eigenvalue weighted by Crippen LogP contribution is 2.14. The van der Waals surface area contributed by atoms with E-state index in [0.29, 0.717) is 12.5 Å². The normalized spacial score (nSPS) is 30.5. The zero-order chi connectivity index (χ0) is 10.8. The van der Waals surface area contributed by atoms with Gasteiger partial charge in [-0.05, 0) is 12.3 Å². The van der Waals surface area contributed by atoms with Gasteiger partial charge in [0.25, 0.3) is 0 Å². The molecule has 84 valence electrons. The second-order valence-corrected chi connectivity index (χ2v) is 5.96. The lowest BCUT2D eigenvalue weighted by Gasteiger charge is -2.34. The summed E-state index contributed by atoms with van der Waals surface area (Å²) < 4.78 is 21.5. The van der Waals surface area contributed by atoms with Gasteiger partial charge < -0.3 is 10.6 Å². The van der Waals surface area contributed by atoms with Crippen LogP contribution in [-0.2, 0) is 10.0 Å². The van der Waals surface area contributed by atoms with Crippen molar-refractivity contribution < 1.29 is 8.42 Å². The molecule has 1 fully saturated rings. The van der Waals surface area contributed by atoms with Crippen molar-refractivity contribution in [2.75, 3.05) is 25.4 Å². The first-order chi connectivity index (χ1) is 6.37. The van der Waals surface area contributed by atoms with Crippen LogP contribution in [0.25, 0.3) is 0 Å². The van der Waals surface area contributed by atoms with Crippen LogP contribution in [0.3, 0.4) is 0 Å². The first-order valence-electron chi connectivity index (χ1n) is 4.85. The summed E-state index contributed by atoms with van der Waals surface area (Å²) in [6.45, 7) is 4.32. The minimum atomic E-state index is -3.34. The van der Waals surface area contributed by atoms with E-state index in [2.05, 4.69) is 11.8 Å². The number of primary sulfonamides is 1. The van der Waals surface area contributed by atoms with Crippen LogP contribution in [0.15, 0.2) is 0 Å². The highest BCUT2D eigenvalue weighted by atomic mass is 32.2. The maximum Gasteiger partial charge on any atom is 0.210 e. The van der Waals surface area contributed by atoms with Crippen LogP contribution < -0.4 is 10.9 Å². The Morgan fingerprint density at radius 3 is 2.57 bits per heavy atom. The van der Waals surface area contributed by atoms with Gasteiger partial charge in [-0.3, -0.25) is 0 Å². The van der Waals surface area contributed by atoms with Crippen molar-refractivity contribution in [2.45, 2.75) is 19.4 Å². The van der Waals surface area contributed by atoms with Crippen molar-refractivity contribution in [1.29, 1.82) is 0 Å². The Labute approximate surface area is 85.5 Å². The van der Waals surface area contributed by atoms with Crippen molar-refractivity contribution in [3.05, 3.63) is 0 Å². The van der Waals surface area contributed by atoms with Gasteiger partial charge in [-0.15, -0.1) is 0 Å². The van der Waals surface area contributed by atoms with Gasteiger partial charge >= 0.3 is 0 Å². The Bertz CT molecular complexity index is 268. The molecule has 2 atom stereocenters. The number of sulfonamides is 1. The predicted octanol–water partition coefficient (Wildman–Crippen LogP) is -1.06. The Hall–Kier alpha value is -0.170. The Kier molecular flexibility index (Phi) is 3.88. The minimum absolute atomic E-state index is 0.0203. The van der Waals surface area contributed by atoms with Crippen molar-refractivity contribution in [3.8, 4) is 0 Å². The van der Waals surface area contributed by atoms with E-state index in [1.54, 1.807) is 0 Å². The molecular weight excluding hydrogens is 202 g/mol. The van der Waals surface area contributed by atoms with Gasteiger partial charge in [-0.25, -0.2) is 13.6 Å². The molecule has 1 aliphatic rings. The molecule has 0 spiro atoms. The third kappa shape index (κ3) is 4.36. The summed E-state index contributed by atoms with van der Waals surface area (Å²) in [4.78, 5) is 2.07. The van der Waals surface area contributed by atoms with Gasteiger partial charge in [0, 0.05) is 25.7 Å². The topological polar surface area (TPSA) is 89.4 Å². The van der Waals surface area contributed by atoms with Crippen LogP contribution in [0.1, 0.15) is 13.3 Å². The van der Waals surface area contributed by atoms with Gasteiger partial charge in [0.2, 0.25) is 10.0 Å². The van der Waals surface area contributed by atoms with Crippen molar-refractivity contribution in [2.24, 2.45) is 16.8 Å². The molecule has 0 aromatic carbocycles. The second kappa shape index (κ2) is 4.57. The predicted molar refractivity (Wildman–Crippen MR) is 56.2 cm³/mol. The maximum atomic E-state index is 10.8. The lowest BCUT2D eigenvalue weighted by Crippen LogP contribution is -2.47. The van der Waals surface area contributed by atoms with Crippen molar-refractivity contribution >= 4 is 10.0 Å². The van der Waals surface area contributed by atoms with Gasteiger partial charge in [0.05, 0.1) is 5.75 Å². The van der Waals surface area contributed by atoms with Crippen LogP contribution in [0, 0.1) is 5.92 Å². The van der Waals surface area contributed by atoms with E-state index in [1.165, 1.54) is 0 Å². The third-order valence-electron chi connectivity index (χ3n) is 2.46. The van der Waals surface area contributed by atoms with Gasteiger partial charge in [-0.1, -0.05) is 6.92 Å². The van der Waals surface area contributed by atoms with E-state index in [1.807, 2.05) is 0 Å². The summed E-state index contributed by atoms with van der Waals surface area (Å²) in [5.74, 6) is 0.561. The number of nitrogens with zero attached hydrogens (tertiary/aromatic N) is 1. The number of piperidine rings is 1. The lowest BCUT2D eigenvalue weighted by molar-refractivity contribution is 0.174. The maximum absolute atomic E-state index is 10.8. The Morgan fingerprint density at radius 2 is 2.07 bits per heavy atom. The molecule has 1 aliphatic heterocycles. The van der Waals surface area contributed by atoms with Crippen LogP contribution in [-0.4, -0.2) is 44.7 Å². The first-order valence-corrected chi connectivity index (χ1v) is 6.57. The molecule has 0 bridgehead atoms. The third-order valence-corrected chi connectivity index (χ3v) is 3.21. The fraction of sp³-hybridized carbons (Fsp3) is 1.00. The first kappa shape index (κ1) is 11.9. The second-order valence-electron chi connectivity index (χ2n) is 4.23. The molecule has 0 amide bonds. The molecule has 2 unspecified atom stereocenters. The largest absolute Gasteiger partial charge is 0.327 e. The quantitative estimate of drug-likeness (QED) is 0.636. The zero-order valence-corrected chi connectivity index (χ0v) is 9.33. The van der Waals surface area contributed by atoms with E-state index in [-0.39, 0.29) is 11.8 Å². The zero-order valence-electron chi connectivity index (χ0n) is 8.52. The Balaban J connectivity index is 2.38. The highest BCUT2D eigenvalue weighted by Gasteiger charge is 2.22. The van der Waals surface area contributed by atoms with E-state index < -0.39 is 10.0 Å². The molecule has 0 aliphatic carbocycles. The molecule has 0 radical (unpaired) electrons. The fourth-order valence-electron chi connectivity index (χ4n) is 1.95. The summed E-state index contributed by atoms with van der Waals surface area (Å²) in [7, 11) is -3.34. The molecule has 0 aromatic rings. The van der Waals surface area contributed by atoms with Crippen molar-refractivity contribution in [3.63, 3.8) is 0 Å². The van der Waals surface area contributed by atoms with Crippen LogP contribution in [0.4, 0.5) is 0 Å². The van der Waals surface area contributed by atoms with E-state index >= 15 is 0 Å². The summed E-state index contributed by atoms with van der Waals surface area (Å²) in [6.07, 6.45) is 1.02.